The summed E-state index contributed by atoms with van der Waals surface area (Å²) in [4.78, 5) is 29.5. The number of carbonyl (C=O) groups excluding carboxylic acids is 2. The standard InChI is InChI=1S/C11H15N3O4/c1-3-4-18-11(16)14-9(10(15)17-2)5-8-6-12-7-13-8/h3,6-7,9H,1,4-5H2,2H3,(H,12,13)(H,14,16)/t9-/m0/s1. The van der Waals surface area contributed by atoms with E-state index in [2.05, 4.69) is 26.6 Å². The van der Waals surface area contributed by atoms with E-state index in [0.29, 0.717) is 5.69 Å². The average molecular weight is 253 g/mol. The van der Waals surface area contributed by atoms with Crippen LogP contribution in [0.1, 0.15) is 5.69 Å². The van der Waals surface area contributed by atoms with Crippen LogP contribution < -0.4 is 5.32 Å². The minimum absolute atomic E-state index is 0.0732. The molecule has 0 aliphatic heterocycles. The molecule has 0 fully saturated rings. The normalized spacial score (nSPS) is 11.4. The van der Waals surface area contributed by atoms with Crippen LogP contribution in [0.4, 0.5) is 4.79 Å². The van der Waals surface area contributed by atoms with Gasteiger partial charge in [0.1, 0.15) is 12.6 Å². The third-order valence-corrected chi connectivity index (χ3v) is 2.09. The molecule has 0 aromatic carbocycles. The van der Waals surface area contributed by atoms with Crippen LogP contribution in [0.25, 0.3) is 0 Å². The molecule has 2 N–H and O–H groups in total. The maximum Gasteiger partial charge on any atom is 0.408 e. The van der Waals surface area contributed by atoms with Gasteiger partial charge >= 0.3 is 12.1 Å². The van der Waals surface area contributed by atoms with Crippen molar-refractivity contribution in [1.29, 1.82) is 0 Å². The number of nitrogens with zero attached hydrogens (tertiary/aromatic N) is 1. The molecule has 7 heteroatoms. The summed E-state index contributed by atoms with van der Waals surface area (Å²) in [6.45, 7) is 3.49. The molecule has 1 rings (SSSR count). The minimum atomic E-state index is -0.826. The number of ether oxygens (including phenoxy) is 2. The number of hydrogen-bond donors (Lipinski definition) is 2. The van der Waals surface area contributed by atoms with E-state index in [0.717, 1.165) is 0 Å². The molecule has 7 nitrogen and oxygen atoms in total. The van der Waals surface area contributed by atoms with E-state index in [1.165, 1.54) is 19.5 Å². The Kier molecular flexibility index (Phi) is 5.43. The molecule has 0 radical (unpaired) electrons. The number of aromatic nitrogens is 2. The number of carbonyl (C=O) groups is 2. The van der Waals surface area contributed by atoms with E-state index < -0.39 is 18.1 Å². The van der Waals surface area contributed by atoms with Crippen molar-refractivity contribution in [3.63, 3.8) is 0 Å². The third kappa shape index (κ3) is 4.28. The van der Waals surface area contributed by atoms with Crippen molar-refractivity contribution in [3.8, 4) is 0 Å². The lowest BCUT2D eigenvalue weighted by atomic mass is 10.2. The fourth-order valence-electron chi connectivity index (χ4n) is 1.27. The topological polar surface area (TPSA) is 93.3 Å². The number of esters is 1. The van der Waals surface area contributed by atoms with Gasteiger partial charge in [0.2, 0.25) is 0 Å². The second kappa shape index (κ2) is 7.10. The molecule has 0 aliphatic rings. The highest BCUT2D eigenvalue weighted by Crippen LogP contribution is 2.01. The fourth-order valence-corrected chi connectivity index (χ4v) is 1.27. The van der Waals surface area contributed by atoms with E-state index in [-0.39, 0.29) is 13.0 Å². The first-order chi connectivity index (χ1) is 8.67. The predicted octanol–water partition coefficient (Wildman–Crippen LogP) is 0.406. The molecule has 1 atom stereocenters. The number of nitrogens with one attached hydrogen (secondary N) is 2. The smallest absolute Gasteiger partial charge is 0.408 e. The largest absolute Gasteiger partial charge is 0.467 e. The summed E-state index contributed by atoms with van der Waals surface area (Å²) in [7, 11) is 1.25. The van der Waals surface area contributed by atoms with Gasteiger partial charge < -0.3 is 19.8 Å². The van der Waals surface area contributed by atoms with Gasteiger partial charge in [-0.1, -0.05) is 12.7 Å². The van der Waals surface area contributed by atoms with Gasteiger partial charge in [-0.2, -0.15) is 0 Å². The Labute approximate surface area is 104 Å². The number of H-pyrrole nitrogens is 1. The zero-order valence-corrected chi connectivity index (χ0v) is 10.0. The molecule has 0 saturated heterocycles. The molecule has 18 heavy (non-hydrogen) atoms. The van der Waals surface area contributed by atoms with E-state index in [1.54, 1.807) is 6.20 Å². The lowest BCUT2D eigenvalue weighted by Crippen LogP contribution is -2.43. The Morgan fingerprint density at radius 2 is 2.44 bits per heavy atom. The van der Waals surface area contributed by atoms with Crippen molar-refractivity contribution < 1.29 is 19.1 Å². The summed E-state index contributed by atoms with van der Waals surface area (Å²) < 4.78 is 9.34. The van der Waals surface area contributed by atoms with Gasteiger partial charge in [-0.15, -0.1) is 0 Å². The maximum atomic E-state index is 11.5. The highest BCUT2D eigenvalue weighted by atomic mass is 16.6. The van der Waals surface area contributed by atoms with Gasteiger partial charge in [0, 0.05) is 18.3 Å². The Morgan fingerprint density at radius 3 is 3.00 bits per heavy atom. The summed E-state index contributed by atoms with van der Waals surface area (Å²) >= 11 is 0. The summed E-state index contributed by atoms with van der Waals surface area (Å²) in [6, 6.07) is -0.826. The molecule has 98 valence electrons. The zero-order chi connectivity index (χ0) is 13.4. The van der Waals surface area contributed by atoms with E-state index in [9.17, 15) is 9.59 Å². The second-order valence-corrected chi connectivity index (χ2v) is 3.39. The zero-order valence-electron chi connectivity index (χ0n) is 10.0. The van der Waals surface area contributed by atoms with Crippen LogP contribution >= 0.6 is 0 Å². The van der Waals surface area contributed by atoms with Crippen LogP contribution in [0.3, 0.4) is 0 Å². The van der Waals surface area contributed by atoms with Gasteiger partial charge in [0.15, 0.2) is 0 Å². The summed E-state index contributed by atoms with van der Waals surface area (Å²) in [5, 5.41) is 2.41. The molecule has 1 aromatic heterocycles. The summed E-state index contributed by atoms with van der Waals surface area (Å²) in [5.41, 5.74) is 0.703. The van der Waals surface area contributed by atoms with E-state index in [1.807, 2.05) is 0 Å². The van der Waals surface area contributed by atoms with Gasteiger partial charge in [-0.25, -0.2) is 14.6 Å². The van der Waals surface area contributed by atoms with E-state index >= 15 is 0 Å². The number of methoxy groups -OCH3 is 1. The first kappa shape index (κ1) is 13.8. The monoisotopic (exact) mass is 253 g/mol. The van der Waals surface area contributed by atoms with Crippen LogP contribution in [-0.4, -0.2) is 41.8 Å². The Balaban J connectivity index is 2.58. The number of hydrogen-bond acceptors (Lipinski definition) is 5. The lowest BCUT2D eigenvalue weighted by molar-refractivity contribution is -0.143. The molecule has 1 amide bonds. The minimum Gasteiger partial charge on any atom is -0.467 e. The first-order valence-electron chi connectivity index (χ1n) is 5.26. The fraction of sp³-hybridized carbons (Fsp3) is 0.364. The Bertz CT molecular complexity index is 402. The number of imidazole rings is 1. The number of amides is 1. The van der Waals surface area contributed by atoms with Crippen LogP contribution in [0.2, 0.25) is 0 Å². The quantitative estimate of drug-likeness (QED) is 0.565. The summed E-state index contributed by atoms with van der Waals surface area (Å²) in [6.07, 6.45) is 4.02. The number of rotatable bonds is 6. The molecule has 1 heterocycles. The van der Waals surface area contributed by atoms with Gasteiger partial charge in [-0.3, -0.25) is 0 Å². The van der Waals surface area contributed by atoms with Crippen LogP contribution in [0.5, 0.6) is 0 Å². The summed E-state index contributed by atoms with van der Waals surface area (Å²) in [5.74, 6) is -0.555. The highest BCUT2D eigenvalue weighted by molar-refractivity contribution is 5.81. The number of alkyl carbamates (subject to hydrolysis) is 1. The second-order valence-electron chi connectivity index (χ2n) is 3.39. The van der Waals surface area contributed by atoms with Crippen LogP contribution in [-0.2, 0) is 20.7 Å². The van der Waals surface area contributed by atoms with Gasteiger partial charge in [0.25, 0.3) is 0 Å². The Hall–Kier alpha value is -2.31. The van der Waals surface area contributed by atoms with Gasteiger partial charge in [0.05, 0.1) is 13.4 Å². The predicted molar refractivity (Wildman–Crippen MR) is 62.8 cm³/mol. The molecule has 0 unspecified atom stereocenters. The molecule has 0 bridgehead atoms. The molecule has 1 aromatic rings. The Morgan fingerprint density at radius 1 is 1.67 bits per heavy atom. The van der Waals surface area contributed by atoms with Crippen molar-refractivity contribution in [2.75, 3.05) is 13.7 Å². The van der Waals surface area contributed by atoms with E-state index in [4.69, 9.17) is 4.74 Å². The average Bonchev–Trinajstić information content (AvgIpc) is 2.87. The van der Waals surface area contributed by atoms with Crippen molar-refractivity contribution in [2.45, 2.75) is 12.5 Å². The van der Waals surface area contributed by atoms with Crippen molar-refractivity contribution >= 4 is 12.1 Å². The van der Waals surface area contributed by atoms with Crippen molar-refractivity contribution in [1.82, 2.24) is 15.3 Å². The van der Waals surface area contributed by atoms with Crippen molar-refractivity contribution in [3.05, 3.63) is 30.9 Å². The highest BCUT2D eigenvalue weighted by Gasteiger charge is 2.23. The molecule has 0 spiro atoms. The SMILES string of the molecule is C=CCOC(=O)N[C@@H](Cc1cnc[nH]1)C(=O)OC. The molecular formula is C11H15N3O4. The molecule has 0 saturated carbocycles. The first-order valence-corrected chi connectivity index (χ1v) is 5.26. The third-order valence-electron chi connectivity index (χ3n) is 2.09. The molecular weight excluding hydrogens is 238 g/mol. The lowest BCUT2D eigenvalue weighted by Gasteiger charge is -2.15. The van der Waals surface area contributed by atoms with Crippen LogP contribution in [0, 0.1) is 0 Å². The number of aromatic amines is 1. The van der Waals surface area contributed by atoms with Crippen molar-refractivity contribution in [2.24, 2.45) is 0 Å². The molecule has 0 aliphatic carbocycles. The van der Waals surface area contributed by atoms with Crippen LogP contribution in [0.15, 0.2) is 25.2 Å². The maximum absolute atomic E-state index is 11.5. The van der Waals surface area contributed by atoms with Gasteiger partial charge in [-0.05, 0) is 0 Å².